The molecule has 1 saturated heterocycles. The number of H-pyrrole nitrogens is 1. The van der Waals surface area contributed by atoms with E-state index in [1.54, 1.807) is 58.0 Å². The van der Waals surface area contributed by atoms with E-state index < -0.39 is 61.5 Å². The average Bonchev–Trinajstić information content (AvgIpc) is 3.01. The highest BCUT2D eigenvalue weighted by molar-refractivity contribution is 7.52. The monoisotopic (exact) mass is 527 g/mol. The molecule has 0 spiro atoms. The molecule has 0 amide bonds. The number of benzene rings is 1. The minimum Gasteiger partial charge on any atom is -0.462 e. The van der Waals surface area contributed by atoms with Gasteiger partial charge in [0.05, 0.1) is 18.8 Å². The van der Waals surface area contributed by atoms with E-state index in [0.717, 1.165) is 16.8 Å². The van der Waals surface area contributed by atoms with Gasteiger partial charge in [-0.15, -0.1) is 0 Å². The van der Waals surface area contributed by atoms with E-state index >= 15 is 4.39 Å². The van der Waals surface area contributed by atoms with Crippen LogP contribution in [0.3, 0.4) is 0 Å². The molecule has 2 heterocycles. The van der Waals surface area contributed by atoms with Gasteiger partial charge in [-0.05, 0) is 32.9 Å². The summed E-state index contributed by atoms with van der Waals surface area (Å²) in [5, 5.41) is 2.56. The Morgan fingerprint density at radius 2 is 1.89 bits per heavy atom. The van der Waals surface area contributed by atoms with Crippen molar-refractivity contribution in [1.82, 2.24) is 14.6 Å². The predicted octanol–water partition coefficient (Wildman–Crippen LogP) is 2.93. The van der Waals surface area contributed by atoms with Crippen LogP contribution in [0.2, 0.25) is 0 Å². The number of carbonyl (C=O) groups is 1. The quantitative estimate of drug-likeness (QED) is 0.353. The second-order valence-electron chi connectivity index (χ2n) is 9.29. The van der Waals surface area contributed by atoms with Crippen LogP contribution in [0, 0.1) is 5.41 Å². The Bertz CT molecular complexity index is 1220. The Kier molecular flexibility index (Phi) is 8.55. The number of alkyl halides is 1. The van der Waals surface area contributed by atoms with Crippen LogP contribution >= 0.6 is 7.75 Å². The summed E-state index contributed by atoms with van der Waals surface area (Å²) in [5.74, 6) is -0.449. The Balaban J connectivity index is 1.80. The molecule has 1 fully saturated rings. The second-order valence-corrected chi connectivity index (χ2v) is 11.0. The summed E-state index contributed by atoms with van der Waals surface area (Å²) in [6, 6.07) is 8.21. The fourth-order valence-corrected chi connectivity index (χ4v) is 5.04. The van der Waals surface area contributed by atoms with E-state index in [1.165, 1.54) is 6.92 Å². The van der Waals surface area contributed by atoms with Crippen molar-refractivity contribution in [3.8, 4) is 5.75 Å². The van der Waals surface area contributed by atoms with Crippen molar-refractivity contribution in [1.29, 1.82) is 0 Å². The van der Waals surface area contributed by atoms with Gasteiger partial charge in [-0.25, -0.2) is 13.8 Å². The fourth-order valence-electron chi connectivity index (χ4n) is 3.55. The summed E-state index contributed by atoms with van der Waals surface area (Å²) in [4.78, 5) is 37.9. The summed E-state index contributed by atoms with van der Waals surface area (Å²) in [6.07, 6.45) is -3.23. The van der Waals surface area contributed by atoms with E-state index in [0.29, 0.717) is 0 Å². The van der Waals surface area contributed by atoms with Crippen LogP contribution < -0.4 is 20.9 Å². The minimum absolute atomic E-state index is 0.213. The highest BCUT2D eigenvalue weighted by Crippen LogP contribution is 2.49. The number of nitrogens with zero attached hydrogens (tertiary/aromatic N) is 1. The summed E-state index contributed by atoms with van der Waals surface area (Å²) >= 11 is 0. The number of aromatic nitrogens is 2. The maximum atomic E-state index is 15.4. The number of esters is 1. The Hall–Kier alpha value is -2.79. The first kappa shape index (κ1) is 27.8. The van der Waals surface area contributed by atoms with Gasteiger partial charge in [0, 0.05) is 17.7 Å². The van der Waals surface area contributed by atoms with Crippen molar-refractivity contribution in [3.05, 3.63) is 63.4 Å². The van der Waals surface area contributed by atoms with E-state index in [9.17, 15) is 18.9 Å². The molecule has 3 rings (SSSR count). The maximum absolute atomic E-state index is 15.4. The Morgan fingerprint density at radius 3 is 2.50 bits per heavy atom. The third kappa shape index (κ3) is 6.50. The highest BCUT2D eigenvalue weighted by atomic mass is 31.2. The van der Waals surface area contributed by atoms with Crippen LogP contribution in [-0.4, -0.2) is 46.5 Å². The zero-order valence-electron chi connectivity index (χ0n) is 20.7. The molecule has 1 aliphatic heterocycles. The lowest BCUT2D eigenvalue weighted by atomic mass is 9.84. The fraction of sp³-hybridized carbons (Fsp3) is 0.522. The van der Waals surface area contributed by atoms with E-state index in [-0.39, 0.29) is 11.9 Å². The largest absolute Gasteiger partial charge is 0.462 e. The number of aromatic amines is 1. The Morgan fingerprint density at radius 1 is 1.22 bits per heavy atom. The van der Waals surface area contributed by atoms with Gasteiger partial charge >= 0.3 is 19.4 Å². The number of nitrogens with one attached hydrogen (secondary N) is 2. The molecule has 1 aliphatic rings. The molecule has 11 nitrogen and oxygen atoms in total. The molecule has 198 valence electrons. The van der Waals surface area contributed by atoms with Crippen LogP contribution in [-0.2, 0) is 23.4 Å². The van der Waals surface area contributed by atoms with Crippen molar-refractivity contribution in [2.75, 3.05) is 6.61 Å². The van der Waals surface area contributed by atoms with Gasteiger partial charge in [-0.3, -0.25) is 23.7 Å². The number of hydrogen-bond acceptors (Lipinski definition) is 8. The van der Waals surface area contributed by atoms with Crippen LogP contribution in [0.25, 0.3) is 0 Å². The maximum Gasteiger partial charge on any atom is 0.459 e. The zero-order chi connectivity index (χ0) is 26.7. The van der Waals surface area contributed by atoms with Gasteiger partial charge < -0.3 is 14.0 Å². The molecule has 0 saturated carbocycles. The third-order valence-corrected chi connectivity index (χ3v) is 7.29. The molecule has 13 heteroatoms. The number of carbonyl (C=O) groups excluding carboxylic acids is 1. The summed E-state index contributed by atoms with van der Waals surface area (Å²) in [6.45, 7) is 7.55. The molecule has 1 unspecified atom stereocenters. The molecule has 2 aromatic rings. The van der Waals surface area contributed by atoms with Crippen LogP contribution in [0.15, 0.2) is 52.2 Å². The lowest BCUT2D eigenvalue weighted by Gasteiger charge is -2.28. The lowest BCUT2D eigenvalue weighted by molar-refractivity contribution is -0.149. The first-order chi connectivity index (χ1) is 16.8. The van der Waals surface area contributed by atoms with Crippen LogP contribution in [0.1, 0.15) is 40.8 Å². The smallest absolute Gasteiger partial charge is 0.459 e. The van der Waals surface area contributed by atoms with Crippen molar-refractivity contribution >= 4 is 13.7 Å². The number of halogens is 1. The van der Waals surface area contributed by atoms with Crippen LogP contribution in [0.4, 0.5) is 4.39 Å². The van der Waals surface area contributed by atoms with Gasteiger partial charge in [0.2, 0.25) is 0 Å². The summed E-state index contributed by atoms with van der Waals surface area (Å²) < 4.78 is 52.2. The predicted molar refractivity (Wildman–Crippen MR) is 128 cm³/mol. The zero-order valence-corrected chi connectivity index (χ0v) is 21.6. The third-order valence-electron chi connectivity index (χ3n) is 5.64. The second kappa shape index (κ2) is 11.1. The molecule has 1 aromatic carbocycles. The van der Waals surface area contributed by atoms with Crippen molar-refractivity contribution in [2.45, 2.75) is 65.3 Å². The van der Waals surface area contributed by atoms with Gasteiger partial charge in [-0.2, -0.15) is 5.09 Å². The molecule has 5 atom stereocenters. The van der Waals surface area contributed by atoms with E-state index in [4.69, 9.17) is 18.5 Å². The first-order valence-corrected chi connectivity index (χ1v) is 12.9. The number of ether oxygens (including phenoxy) is 2. The van der Waals surface area contributed by atoms with Gasteiger partial charge in [0.25, 0.3) is 5.56 Å². The summed E-state index contributed by atoms with van der Waals surface area (Å²) in [5.41, 5.74) is -2.64. The molecule has 36 heavy (non-hydrogen) atoms. The van der Waals surface area contributed by atoms with Crippen LogP contribution in [0.5, 0.6) is 5.75 Å². The average molecular weight is 527 g/mol. The highest BCUT2D eigenvalue weighted by Gasteiger charge is 2.53. The van der Waals surface area contributed by atoms with Crippen molar-refractivity contribution in [2.24, 2.45) is 5.41 Å². The number of rotatable bonds is 10. The Labute approximate surface area is 207 Å². The van der Waals surface area contributed by atoms with Crippen molar-refractivity contribution in [3.63, 3.8) is 0 Å². The molecule has 0 aliphatic carbocycles. The minimum atomic E-state index is -4.20. The topological polar surface area (TPSA) is 138 Å². The number of hydrogen-bond donors (Lipinski definition) is 2. The van der Waals surface area contributed by atoms with Gasteiger partial charge in [0.15, 0.2) is 12.4 Å². The standard InChI is InChI=1S/C23H31FN3O8P/c1-14(2)33-21(29)15(3)26-36(31,35-16-9-7-6-8-10-16)32-13-17-23(4,5)19(24)20(34-17)27-12-11-18(28)25-22(27)30/h6-12,14-15,17,19-20H,13H2,1-5H3,(H,26,31)(H,25,28,30)/t15-,17+,19+,20+,36?/m0/s1. The number of para-hydroxylation sites is 1. The van der Waals surface area contributed by atoms with Gasteiger partial charge in [0.1, 0.15) is 11.8 Å². The van der Waals surface area contributed by atoms with E-state index in [2.05, 4.69) is 10.1 Å². The molecular weight excluding hydrogens is 496 g/mol. The summed E-state index contributed by atoms with van der Waals surface area (Å²) in [7, 11) is -4.20. The van der Waals surface area contributed by atoms with Crippen molar-refractivity contribution < 1.29 is 32.3 Å². The molecule has 0 radical (unpaired) electrons. The normalized spacial score (nSPS) is 23.7. The molecular formula is C23H31FN3O8P. The van der Waals surface area contributed by atoms with E-state index in [1.807, 2.05) is 0 Å². The SMILES string of the molecule is CC(C)OC(=O)[C@H](C)NP(=O)(OC[C@H]1O[C@@H](n2ccc(=O)[nH]c2=O)[C@@H](F)C1(C)C)Oc1ccccc1. The molecule has 1 aromatic heterocycles. The molecule has 2 N–H and O–H groups in total. The molecule has 0 bridgehead atoms. The first-order valence-electron chi connectivity index (χ1n) is 11.4. The van der Waals surface area contributed by atoms with Gasteiger partial charge in [-0.1, -0.05) is 32.0 Å². The lowest BCUT2D eigenvalue weighted by Crippen LogP contribution is -2.38.